The third-order valence-corrected chi connectivity index (χ3v) is 5.32. The molecular weight excluding hydrogens is 316 g/mol. The summed E-state index contributed by atoms with van der Waals surface area (Å²) >= 11 is 0. The normalized spacial score (nSPS) is 16.6. The Bertz CT molecular complexity index is 809. The standard InChI is InChI=1S/C20H24N2O3/c23-19(21-7-3-9-22-8-2-6-20(22)24)12-16-13-25-18-11-15-5-1-4-14(15)10-17(16)18/h10-11,13H,1-9,12H2,(H,21,23). The van der Waals surface area contributed by atoms with Gasteiger partial charge < -0.3 is 14.6 Å². The lowest BCUT2D eigenvalue weighted by atomic mass is 10.0. The van der Waals surface area contributed by atoms with Crippen LogP contribution in [-0.4, -0.2) is 36.3 Å². The minimum Gasteiger partial charge on any atom is -0.464 e. The van der Waals surface area contributed by atoms with Crippen LogP contribution in [0.25, 0.3) is 11.0 Å². The smallest absolute Gasteiger partial charge is 0.224 e. The van der Waals surface area contributed by atoms with Crippen LogP contribution in [-0.2, 0) is 28.9 Å². The molecule has 1 saturated heterocycles. The molecule has 1 aromatic heterocycles. The van der Waals surface area contributed by atoms with E-state index in [0.29, 0.717) is 19.4 Å². The van der Waals surface area contributed by atoms with Gasteiger partial charge in [-0.3, -0.25) is 9.59 Å². The quantitative estimate of drug-likeness (QED) is 0.822. The summed E-state index contributed by atoms with van der Waals surface area (Å²) in [5.74, 6) is 0.250. The largest absolute Gasteiger partial charge is 0.464 e. The molecule has 0 spiro atoms. The number of carbonyl (C=O) groups excluding carboxylic acids is 2. The molecule has 1 aromatic carbocycles. The number of hydrogen-bond acceptors (Lipinski definition) is 3. The Morgan fingerprint density at radius 1 is 1.16 bits per heavy atom. The number of amides is 2. The SMILES string of the molecule is O=C(Cc1coc2cc3c(cc12)CCC3)NCCCN1CCCC1=O. The number of carbonyl (C=O) groups is 2. The molecule has 132 valence electrons. The lowest BCUT2D eigenvalue weighted by molar-refractivity contribution is -0.127. The Hall–Kier alpha value is -2.30. The van der Waals surface area contributed by atoms with Crippen LogP contribution >= 0.6 is 0 Å². The minimum atomic E-state index is 0.0101. The van der Waals surface area contributed by atoms with Gasteiger partial charge in [-0.2, -0.15) is 0 Å². The molecule has 5 heteroatoms. The van der Waals surface area contributed by atoms with Gasteiger partial charge in [-0.1, -0.05) is 0 Å². The Kier molecular flexibility index (Phi) is 4.47. The molecule has 2 aliphatic rings. The van der Waals surface area contributed by atoms with Crippen molar-refractivity contribution in [3.8, 4) is 0 Å². The third-order valence-electron chi connectivity index (χ3n) is 5.32. The van der Waals surface area contributed by atoms with Crippen molar-refractivity contribution in [2.24, 2.45) is 0 Å². The van der Waals surface area contributed by atoms with Crippen LogP contribution in [0.15, 0.2) is 22.8 Å². The van der Waals surface area contributed by atoms with E-state index in [0.717, 1.165) is 55.3 Å². The summed E-state index contributed by atoms with van der Waals surface area (Å²) in [6, 6.07) is 4.33. The lowest BCUT2D eigenvalue weighted by Crippen LogP contribution is -2.31. The average molecular weight is 340 g/mol. The molecular formula is C20H24N2O3. The highest BCUT2D eigenvalue weighted by atomic mass is 16.3. The minimum absolute atomic E-state index is 0.0101. The number of rotatable bonds is 6. The van der Waals surface area contributed by atoms with Crippen LogP contribution in [0, 0.1) is 0 Å². The van der Waals surface area contributed by atoms with Crippen molar-refractivity contribution in [3.05, 3.63) is 35.1 Å². The zero-order chi connectivity index (χ0) is 17.2. The van der Waals surface area contributed by atoms with E-state index in [4.69, 9.17) is 4.42 Å². The van der Waals surface area contributed by atoms with Gasteiger partial charge in [-0.15, -0.1) is 0 Å². The highest BCUT2D eigenvalue weighted by Crippen LogP contribution is 2.30. The molecule has 2 amide bonds. The van der Waals surface area contributed by atoms with Crippen molar-refractivity contribution < 1.29 is 14.0 Å². The van der Waals surface area contributed by atoms with Crippen molar-refractivity contribution >= 4 is 22.8 Å². The molecule has 1 fully saturated rings. The van der Waals surface area contributed by atoms with Gasteiger partial charge in [0.2, 0.25) is 11.8 Å². The fraction of sp³-hybridized carbons (Fsp3) is 0.500. The first-order chi connectivity index (χ1) is 12.2. The third kappa shape index (κ3) is 3.41. The molecule has 1 aliphatic heterocycles. The second-order valence-electron chi connectivity index (χ2n) is 7.10. The fourth-order valence-electron chi connectivity index (χ4n) is 3.96. The van der Waals surface area contributed by atoms with E-state index < -0.39 is 0 Å². The van der Waals surface area contributed by atoms with E-state index >= 15 is 0 Å². The predicted octanol–water partition coefficient (Wildman–Crippen LogP) is 2.59. The van der Waals surface area contributed by atoms with Crippen molar-refractivity contribution in [2.75, 3.05) is 19.6 Å². The molecule has 0 saturated carbocycles. The summed E-state index contributed by atoms with van der Waals surface area (Å²) in [5.41, 5.74) is 4.62. The number of nitrogens with one attached hydrogen (secondary N) is 1. The van der Waals surface area contributed by atoms with Crippen LogP contribution < -0.4 is 5.32 Å². The maximum absolute atomic E-state index is 12.2. The monoisotopic (exact) mass is 340 g/mol. The van der Waals surface area contributed by atoms with Crippen molar-refractivity contribution in [1.29, 1.82) is 0 Å². The summed E-state index contributed by atoms with van der Waals surface area (Å²) in [6.07, 6.45) is 7.94. The number of benzene rings is 1. The molecule has 2 heterocycles. The zero-order valence-electron chi connectivity index (χ0n) is 14.5. The summed E-state index contributed by atoms with van der Waals surface area (Å²) < 4.78 is 5.66. The molecule has 25 heavy (non-hydrogen) atoms. The van der Waals surface area contributed by atoms with Gasteiger partial charge in [-0.25, -0.2) is 0 Å². The Balaban J connectivity index is 1.30. The van der Waals surface area contributed by atoms with E-state index in [2.05, 4.69) is 17.4 Å². The van der Waals surface area contributed by atoms with Crippen LogP contribution in [0.3, 0.4) is 0 Å². The molecule has 0 atom stereocenters. The van der Waals surface area contributed by atoms with Crippen LogP contribution in [0.5, 0.6) is 0 Å². The second kappa shape index (κ2) is 6.90. The molecule has 4 rings (SSSR count). The molecule has 1 N–H and O–H groups in total. The number of hydrogen-bond donors (Lipinski definition) is 1. The lowest BCUT2D eigenvalue weighted by Gasteiger charge is -2.15. The maximum Gasteiger partial charge on any atom is 0.224 e. The molecule has 1 aliphatic carbocycles. The molecule has 5 nitrogen and oxygen atoms in total. The van der Waals surface area contributed by atoms with E-state index in [-0.39, 0.29) is 11.8 Å². The fourth-order valence-corrected chi connectivity index (χ4v) is 3.96. The van der Waals surface area contributed by atoms with Crippen molar-refractivity contribution in [3.63, 3.8) is 0 Å². The van der Waals surface area contributed by atoms with Gasteiger partial charge in [-0.05, 0) is 55.4 Å². The number of furan rings is 1. The Morgan fingerprint density at radius 3 is 2.80 bits per heavy atom. The molecule has 2 aromatic rings. The van der Waals surface area contributed by atoms with E-state index in [9.17, 15) is 9.59 Å². The Morgan fingerprint density at radius 2 is 2.00 bits per heavy atom. The highest BCUT2D eigenvalue weighted by Gasteiger charge is 2.19. The first-order valence-corrected chi connectivity index (χ1v) is 9.27. The Labute approximate surface area is 147 Å². The second-order valence-corrected chi connectivity index (χ2v) is 7.10. The predicted molar refractivity (Wildman–Crippen MR) is 95.4 cm³/mol. The summed E-state index contributed by atoms with van der Waals surface area (Å²) in [4.78, 5) is 25.6. The highest BCUT2D eigenvalue weighted by molar-refractivity contribution is 5.88. The number of aryl methyl sites for hydroxylation is 2. The van der Waals surface area contributed by atoms with Crippen LogP contribution in [0.1, 0.15) is 42.4 Å². The number of nitrogens with zero attached hydrogens (tertiary/aromatic N) is 1. The van der Waals surface area contributed by atoms with E-state index in [1.807, 2.05) is 4.90 Å². The average Bonchev–Trinajstić information content (AvgIpc) is 3.31. The van der Waals surface area contributed by atoms with Gasteiger partial charge >= 0.3 is 0 Å². The molecule has 0 unspecified atom stereocenters. The number of fused-ring (bicyclic) bond motifs is 2. The number of likely N-dealkylation sites (tertiary alicyclic amines) is 1. The van der Waals surface area contributed by atoms with Gasteiger partial charge in [0.15, 0.2) is 0 Å². The summed E-state index contributed by atoms with van der Waals surface area (Å²) in [5, 5.41) is 4.03. The first kappa shape index (κ1) is 16.2. The molecule has 0 bridgehead atoms. The van der Waals surface area contributed by atoms with Gasteiger partial charge in [0.1, 0.15) is 5.58 Å². The van der Waals surface area contributed by atoms with Gasteiger partial charge in [0.25, 0.3) is 0 Å². The topological polar surface area (TPSA) is 62.6 Å². The van der Waals surface area contributed by atoms with Gasteiger partial charge in [0, 0.05) is 37.0 Å². The summed E-state index contributed by atoms with van der Waals surface area (Å²) in [7, 11) is 0. The summed E-state index contributed by atoms with van der Waals surface area (Å²) in [6.45, 7) is 2.20. The zero-order valence-corrected chi connectivity index (χ0v) is 14.5. The van der Waals surface area contributed by atoms with Crippen molar-refractivity contribution in [2.45, 2.75) is 44.9 Å². The van der Waals surface area contributed by atoms with Crippen LogP contribution in [0.4, 0.5) is 0 Å². The van der Waals surface area contributed by atoms with Crippen molar-refractivity contribution in [1.82, 2.24) is 10.2 Å². The van der Waals surface area contributed by atoms with Gasteiger partial charge in [0.05, 0.1) is 12.7 Å². The van der Waals surface area contributed by atoms with E-state index in [1.54, 1.807) is 6.26 Å². The maximum atomic E-state index is 12.2. The molecule has 0 radical (unpaired) electrons. The first-order valence-electron chi connectivity index (χ1n) is 9.27. The van der Waals surface area contributed by atoms with E-state index in [1.165, 1.54) is 17.5 Å². The van der Waals surface area contributed by atoms with Crippen LogP contribution in [0.2, 0.25) is 0 Å².